The van der Waals surface area contributed by atoms with E-state index in [1.54, 1.807) is 0 Å². The molecule has 0 fully saturated rings. The molecule has 0 unspecified atom stereocenters. The van der Waals surface area contributed by atoms with Crippen LogP contribution in [0.1, 0.15) is 11.3 Å². The number of halogens is 3. The maximum atomic E-state index is 8.49. The fourth-order valence-electron chi connectivity index (χ4n) is 2.84. The number of fused-ring (bicyclic) bond motifs is 1. The summed E-state index contributed by atoms with van der Waals surface area (Å²) >= 11 is 9.61. The predicted octanol–water partition coefficient (Wildman–Crippen LogP) is 3.21. The molecule has 158 valence electrons. The van der Waals surface area contributed by atoms with Crippen molar-refractivity contribution in [3.8, 4) is 11.1 Å². The van der Waals surface area contributed by atoms with Crippen molar-refractivity contribution in [2.75, 3.05) is 0 Å². The minimum Gasteiger partial charge on any atom is -0.222 e. The summed E-state index contributed by atoms with van der Waals surface area (Å²) in [5.74, 6) is 0.814. The summed E-state index contributed by atoms with van der Waals surface area (Å²) < 4.78 is 41.2. The second kappa shape index (κ2) is 10.3. The number of hydrogen-bond acceptors (Lipinski definition) is 4. The first kappa shape index (κ1) is 23.4. The van der Waals surface area contributed by atoms with Crippen LogP contribution < -0.4 is 18.6 Å². The molecule has 5 nitrogen and oxygen atoms in total. The molecule has 8 heteroatoms. The summed E-state index contributed by atoms with van der Waals surface area (Å²) in [6.07, 6.45) is 4.07. The van der Waals surface area contributed by atoms with E-state index in [1.165, 1.54) is 0 Å². The van der Waals surface area contributed by atoms with Gasteiger partial charge in [-0.1, -0.05) is 70.0 Å². The average Bonchev–Trinajstić information content (AvgIpc) is 2.72. The molecule has 3 aromatic carbocycles. The van der Waals surface area contributed by atoms with Crippen molar-refractivity contribution in [2.24, 2.45) is 0 Å². The van der Waals surface area contributed by atoms with E-state index in [0.29, 0.717) is 5.02 Å². The molecule has 1 heterocycles. The molecule has 0 atom stereocenters. The highest BCUT2D eigenvalue weighted by atomic mass is 79.9. The monoisotopic (exact) mass is 520 g/mol. The molecule has 31 heavy (non-hydrogen) atoms. The van der Waals surface area contributed by atoms with E-state index in [-0.39, 0.29) is 0 Å². The minimum atomic E-state index is -4.94. The quantitative estimate of drug-likeness (QED) is 0.385. The van der Waals surface area contributed by atoms with E-state index in [1.807, 2.05) is 54.6 Å². The summed E-state index contributed by atoms with van der Waals surface area (Å²) in [6, 6.07) is 26.2. The molecule has 0 spiro atoms. The van der Waals surface area contributed by atoms with Gasteiger partial charge in [0.15, 0.2) is 0 Å². The van der Waals surface area contributed by atoms with Crippen LogP contribution in [0, 0.1) is 10.2 Å². The number of benzene rings is 3. The summed E-state index contributed by atoms with van der Waals surface area (Å²) in [4.78, 5) is 0. The third-order valence-electron chi connectivity index (χ3n) is 4.14. The van der Waals surface area contributed by atoms with Gasteiger partial charge in [-0.2, -0.15) is 0 Å². The molecule has 0 radical (unpaired) electrons. The van der Waals surface area contributed by atoms with Crippen molar-refractivity contribution in [2.45, 2.75) is 0 Å². The molecule has 1 aromatic heterocycles. The highest BCUT2D eigenvalue weighted by Crippen LogP contribution is 2.31. The highest BCUT2D eigenvalue weighted by molar-refractivity contribution is 9.10. The van der Waals surface area contributed by atoms with Crippen molar-refractivity contribution in [1.29, 1.82) is 0 Å². The van der Waals surface area contributed by atoms with Crippen LogP contribution in [-0.4, -0.2) is 0 Å². The Morgan fingerprint density at radius 2 is 1.45 bits per heavy atom. The van der Waals surface area contributed by atoms with Gasteiger partial charge in [-0.25, -0.2) is 23.1 Å². The Bertz CT molecular complexity index is 1180. The Labute approximate surface area is 194 Å². The standard InChI is InChI=1S/C23H15BrClO.ClHO4/c24-19-9-6-16(7-10-19)8-12-23-21(17-4-2-1-3-5-17)15-18-14-20(25)11-13-22(18)26-23;2-1(3,4)5/h1-15H;(H,2,3,4,5)/q+1;/p-1. The van der Waals surface area contributed by atoms with Crippen LogP contribution in [-0.2, 0) is 0 Å². The van der Waals surface area contributed by atoms with E-state index < -0.39 is 10.2 Å². The van der Waals surface area contributed by atoms with Gasteiger partial charge in [0.25, 0.3) is 0 Å². The summed E-state index contributed by atoms with van der Waals surface area (Å²) in [7, 11) is -4.94. The van der Waals surface area contributed by atoms with E-state index in [2.05, 4.69) is 52.3 Å². The Kier molecular flexibility index (Phi) is 7.80. The second-order valence-corrected chi connectivity index (χ2v) is 8.44. The van der Waals surface area contributed by atoms with Gasteiger partial charge in [-0.15, -0.1) is 10.2 Å². The zero-order valence-corrected chi connectivity index (χ0v) is 18.9. The van der Waals surface area contributed by atoms with E-state index >= 15 is 0 Å². The lowest BCUT2D eigenvalue weighted by atomic mass is 10.0. The molecule has 0 saturated carbocycles. The van der Waals surface area contributed by atoms with Gasteiger partial charge in [0.05, 0.1) is 10.9 Å². The lowest BCUT2D eigenvalue weighted by molar-refractivity contribution is -2.00. The third-order valence-corrected chi connectivity index (χ3v) is 4.90. The molecule has 4 aromatic rings. The van der Waals surface area contributed by atoms with Crippen molar-refractivity contribution in [1.82, 2.24) is 0 Å². The lowest BCUT2D eigenvalue weighted by Gasteiger charge is -2.17. The summed E-state index contributed by atoms with van der Waals surface area (Å²) in [5.41, 5.74) is 4.06. The summed E-state index contributed by atoms with van der Waals surface area (Å²) in [6.45, 7) is 0. The number of hydrogen-bond donors (Lipinski definition) is 0. The van der Waals surface area contributed by atoms with Crippen LogP contribution in [0.15, 0.2) is 87.8 Å². The fourth-order valence-corrected chi connectivity index (χ4v) is 3.28. The van der Waals surface area contributed by atoms with Gasteiger partial charge >= 0.3 is 11.3 Å². The Morgan fingerprint density at radius 3 is 2.10 bits per heavy atom. The molecular weight excluding hydrogens is 507 g/mol. The molecule has 4 rings (SSSR count). The van der Waals surface area contributed by atoms with Crippen LogP contribution >= 0.6 is 27.5 Å². The number of rotatable bonds is 3. The van der Waals surface area contributed by atoms with Crippen LogP contribution in [0.25, 0.3) is 34.2 Å². The average molecular weight is 522 g/mol. The van der Waals surface area contributed by atoms with Crippen molar-refractivity contribution < 1.29 is 33.3 Å². The van der Waals surface area contributed by atoms with E-state index in [9.17, 15) is 0 Å². The molecule has 0 bridgehead atoms. The van der Waals surface area contributed by atoms with Crippen LogP contribution in [0.5, 0.6) is 0 Å². The van der Waals surface area contributed by atoms with Gasteiger partial charge < -0.3 is 0 Å². The molecule has 0 N–H and O–H groups in total. The van der Waals surface area contributed by atoms with Crippen molar-refractivity contribution >= 4 is 50.7 Å². The molecule has 0 aliphatic rings. The first-order valence-electron chi connectivity index (χ1n) is 8.86. The lowest BCUT2D eigenvalue weighted by Crippen LogP contribution is -2.68. The molecule has 0 aliphatic carbocycles. The molecular formula is C23H15BrCl2O5. The zero-order valence-electron chi connectivity index (χ0n) is 15.8. The molecule has 0 amide bonds. The van der Waals surface area contributed by atoms with Crippen molar-refractivity contribution in [3.05, 3.63) is 99.7 Å². The Balaban J connectivity index is 0.000000491. The van der Waals surface area contributed by atoms with Crippen molar-refractivity contribution in [3.63, 3.8) is 0 Å². The first-order chi connectivity index (χ1) is 14.7. The smallest absolute Gasteiger partial charge is 0.222 e. The van der Waals surface area contributed by atoms with E-state index in [0.717, 1.165) is 37.9 Å². The normalized spacial score (nSPS) is 11.4. The largest absolute Gasteiger partial charge is 0.361 e. The predicted molar refractivity (Wildman–Crippen MR) is 114 cm³/mol. The van der Waals surface area contributed by atoms with Crippen LogP contribution in [0.4, 0.5) is 0 Å². The van der Waals surface area contributed by atoms with Gasteiger partial charge in [-0.05, 0) is 47.5 Å². The van der Waals surface area contributed by atoms with E-state index in [4.69, 9.17) is 34.7 Å². The van der Waals surface area contributed by atoms with Crippen LogP contribution in [0.2, 0.25) is 5.02 Å². The maximum Gasteiger partial charge on any atom is 0.361 e. The molecule has 0 aliphatic heterocycles. The maximum absolute atomic E-state index is 8.49. The van der Waals surface area contributed by atoms with Crippen LogP contribution in [0.3, 0.4) is 0 Å². The first-order valence-corrected chi connectivity index (χ1v) is 11.3. The Morgan fingerprint density at radius 1 is 0.806 bits per heavy atom. The van der Waals surface area contributed by atoms with Gasteiger partial charge in [0.1, 0.15) is 0 Å². The Hall–Kier alpha value is -2.29. The van der Waals surface area contributed by atoms with Gasteiger partial charge in [0.2, 0.25) is 0 Å². The second-order valence-electron chi connectivity index (χ2n) is 6.34. The van der Waals surface area contributed by atoms with Gasteiger partial charge in [0, 0.05) is 21.6 Å². The zero-order chi connectivity index (χ0) is 22.4. The van der Waals surface area contributed by atoms with Gasteiger partial charge in [-0.3, -0.25) is 0 Å². The topological polar surface area (TPSA) is 104 Å². The minimum absolute atomic E-state index is 0.699. The highest BCUT2D eigenvalue weighted by Gasteiger charge is 2.18. The molecule has 0 saturated heterocycles. The summed E-state index contributed by atoms with van der Waals surface area (Å²) in [5, 5.41) is 1.68. The fraction of sp³-hybridized carbons (Fsp3) is 0. The third kappa shape index (κ3) is 7.41. The SMILES string of the molecule is Clc1ccc2[o+]c(C=Cc3ccc(Br)cc3)c(-c3ccccc3)cc2c1.[O-][Cl+3]([O-])([O-])[O-].